The first-order chi connectivity index (χ1) is 24.0. The predicted molar refractivity (Wildman–Crippen MR) is 183 cm³/mol. The number of cyclic esters (lactones) is 3. The van der Waals surface area contributed by atoms with E-state index in [4.69, 9.17) is 31.4 Å². The molecule has 6 unspecified atom stereocenters. The standard InChI is InChI=1S/C33H60N6O12.Fe/c1-22-10-16-49-31(43)25(34)8-5-14-38(47)29(41)20-24(3)12-18-51-33(45)27(36)9-6-15-39(48)30(42)21-23(2)11-17-50-32(44)26(35)7-4-13-37(46)28(40)19-22;/h19-21,25-30,40-42,46-48H,4-18,34-36H2,1-3H3;. The van der Waals surface area contributed by atoms with E-state index in [-0.39, 0.29) is 114 Å². The molecule has 1 aliphatic rings. The van der Waals surface area contributed by atoms with E-state index in [1.54, 1.807) is 20.8 Å². The van der Waals surface area contributed by atoms with Crippen LogP contribution in [0, 0.1) is 0 Å². The molecule has 1 rings (SSSR count). The van der Waals surface area contributed by atoms with E-state index in [0.29, 0.717) is 31.9 Å². The fraction of sp³-hybridized carbons (Fsp3) is 0.727. The van der Waals surface area contributed by atoms with E-state index in [0.717, 1.165) is 0 Å². The van der Waals surface area contributed by atoms with Gasteiger partial charge in [0.05, 0.1) is 19.8 Å². The zero-order valence-corrected chi connectivity index (χ0v) is 31.5. The molecule has 0 bridgehead atoms. The third-order valence-electron chi connectivity index (χ3n) is 8.05. The van der Waals surface area contributed by atoms with Gasteiger partial charge in [-0.2, -0.15) is 15.2 Å². The number of carbonyl (C=O) groups excluding carboxylic acids is 3. The summed E-state index contributed by atoms with van der Waals surface area (Å²) in [6.45, 7) is 5.01. The summed E-state index contributed by atoms with van der Waals surface area (Å²) in [5, 5.41) is 63.5. The quantitative estimate of drug-likeness (QED) is 0.0675. The second kappa shape index (κ2) is 27.3. The molecule has 6 atom stereocenters. The number of ether oxygens (including phenoxy) is 3. The molecule has 1 aliphatic heterocycles. The number of esters is 3. The number of hydroxylamine groups is 6. The van der Waals surface area contributed by atoms with Crippen LogP contribution < -0.4 is 17.2 Å². The maximum absolute atomic E-state index is 12.3. The van der Waals surface area contributed by atoms with E-state index in [9.17, 15) is 45.3 Å². The first-order valence-corrected chi connectivity index (χ1v) is 17.2. The molecule has 0 saturated heterocycles. The van der Waals surface area contributed by atoms with Crippen LogP contribution in [-0.2, 0) is 45.7 Å². The number of hydrogen-bond acceptors (Lipinski definition) is 18. The van der Waals surface area contributed by atoms with Crippen molar-refractivity contribution in [3.8, 4) is 0 Å². The second-order valence-corrected chi connectivity index (χ2v) is 12.8. The van der Waals surface area contributed by atoms with Crippen molar-refractivity contribution in [1.29, 1.82) is 0 Å². The Balaban J connectivity index is 0.0000260. The van der Waals surface area contributed by atoms with Gasteiger partial charge >= 0.3 is 17.9 Å². The maximum atomic E-state index is 12.3. The topological polar surface area (TPSA) is 288 Å². The summed E-state index contributed by atoms with van der Waals surface area (Å²) in [5.74, 6) is -1.96. The summed E-state index contributed by atoms with van der Waals surface area (Å²) in [4.78, 5) is 36.9. The Morgan fingerprint density at radius 2 is 0.769 bits per heavy atom. The summed E-state index contributed by atoms with van der Waals surface area (Å²) in [6.07, 6.45) is 2.20. The van der Waals surface area contributed by atoms with Crippen LogP contribution in [0.25, 0.3) is 0 Å². The summed E-state index contributed by atoms with van der Waals surface area (Å²) >= 11 is 0. The average molecular weight is 789 g/mol. The summed E-state index contributed by atoms with van der Waals surface area (Å²) < 4.78 is 15.6. The van der Waals surface area contributed by atoms with E-state index in [2.05, 4.69) is 0 Å². The van der Waals surface area contributed by atoms with Crippen molar-refractivity contribution in [2.45, 2.75) is 115 Å². The zero-order valence-electron chi connectivity index (χ0n) is 30.4. The number of aliphatic hydroxyl groups excluding tert-OH is 3. The molecule has 0 fully saturated rings. The van der Waals surface area contributed by atoms with Crippen LogP contribution in [0.5, 0.6) is 0 Å². The van der Waals surface area contributed by atoms with E-state index in [1.165, 1.54) is 18.2 Å². The third kappa shape index (κ3) is 21.4. The van der Waals surface area contributed by atoms with Gasteiger partial charge in [0, 0.05) is 56.0 Å². The number of nitrogens with zero attached hydrogens (tertiary/aromatic N) is 3. The van der Waals surface area contributed by atoms with Gasteiger partial charge in [0.1, 0.15) is 36.8 Å². The molecule has 12 N–H and O–H groups in total. The Labute approximate surface area is 316 Å². The van der Waals surface area contributed by atoms with Crippen LogP contribution in [0.4, 0.5) is 0 Å². The van der Waals surface area contributed by atoms with Gasteiger partial charge in [0.25, 0.3) is 0 Å². The van der Waals surface area contributed by atoms with Crippen LogP contribution in [0.2, 0.25) is 0 Å². The van der Waals surface area contributed by atoms with Gasteiger partial charge < -0.3 is 62.4 Å². The molecule has 0 amide bonds. The van der Waals surface area contributed by atoms with Gasteiger partial charge in [-0.05, 0) is 77.5 Å². The fourth-order valence-electron chi connectivity index (χ4n) is 4.70. The van der Waals surface area contributed by atoms with Crippen molar-refractivity contribution in [2.75, 3.05) is 39.5 Å². The van der Waals surface area contributed by atoms with E-state index in [1.807, 2.05) is 0 Å². The molecule has 0 saturated carbocycles. The van der Waals surface area contributed by atoms with E-state index < -0.39 is 54.7 Å². The molecule has 1 heterocycles. The van der Waals surface area contributed by atoms with Crippen molar-refractivity contribution in [2.24, 2.45) is 17.2 Å². The number of aliphatic hydroxyl groups is 3. The molecule has 0 aromatic heterocycles. The molecule has 0 aromatic carbocycles. The number of carbonyl (C=O) groups is 3. The van der Waals surface area contributed by atoms with Crippen LogP contribution in [0.1, 0.15) is 78.6 Å². The van der Waals surface area contributed by atoms with Crippen molar-refractivity contribution in [3.05, 3.63) is 34.9 Å². The molecule has 0 aliphatic carbocycles. The molecule has 52 heavy (non-hydrogen) atoms. The number of hydrogen-bond donors (Lipinski definition) is 9. The van der Waals surface area contributed by atoms with Gasteiger partial charge in [0.15, 0.2) is 0 Å². The normalized spacial score (nSPS) is 29.3. The van der Waals surface area contributed by atoms with Crippen LogP contribution in [0.15, 0.2) is 34.9 Å². The van der Waals surface area contributed by atoms with Crippen LogP contribution in [0.3, 0.4) is 0 Å². The molecule has 19 heteroatoms. The molecule has 18 nitrogen and oxygen atoms in total. The summed E-state index contributed by atoms with van der Waals surface area (Å²) in [6, 6.07) is -2.90. The minimum Gasteiger partial charge on any atom is -0.464 e. The second-order valence-electron chi connectivity index (χ2n) is 12.8. The van der Waals surface area contributed by atoms with Crippen molar-refractivity contribution < 1.29 is 76.6 Å². The Kier molecular flexibility index (Phi) is 26.1. The Morgan fingerprint density at radius 3 is 1.00 bits per heavy atom. The van der Waals surface area contributed by atoms with Gasteiger partial charge in [-0.25, -0.2) is 0 Å². The first-order valence-electron chi connectivity index (χ1n) is 17.2. The van der Waals surface area contributed by atoms with Crippen molar-refractivity contribution in [3.63, 3.8) is 0 Å². The van der Waals surface area contributed by atoms with E-state index >= 15 is 0 Å². The smallest absolute Gasteiger partial charge is 0.322 e. The fourth-order valence-corrected chi connectivity index (χ4v) is 4.70. The van der Waals surface area contributed by atoms with Crippen molar-refractivity contribution in [1.82, 2.24) is 15.2 Å². The minimum atomic E-state index is -1.35. The predicted octanol–water partition coefficient (Wildman–Crippen LogP) is -0.0124. The Hall–Kier alpha value is -2.33. The molecular formula is C33H60FeN6O12. The molecule has 302 valence electrons. The summed E-state index contributed by atoms with van der Waals surface area (Å²) in [5.41, 5.74) is 19.6. The molecule has 0 aromatic rings. The maximum Gasteiger partial charge on any atom is 0.322 e. The van der Waals surface area contributed by atoms with Crippen molar-refractivity contribution >= 4 is 17.9 Å². The Morgan fingerprint density at radius 1 is 0.538 bits per heavy atom. The zero-order chi connectivity index (χ0) is 38.5. The largest absolute Gasteiger partial charge is 0.464 e. The summed E-state index contributed by atoms with van der Waals surface area (Å²) in [7, 11) is 0. The Bertz CT molecular complexity index is 1020. The number of nitrogens with two attached hydrogens (primary N) is 3. The third-order valence-corrected chi connectivity index (χ3v) is 8.05. The van der Waals surface area contributed by atoms with Crippen LogP contribution >= 0.6 is 0 Å². The first kappa shape index (κ1) is 49.7. The van der Waals surface area contributed by atoms with Gasteiger partial charge in [0.2, 0.25) is 0 Å². The monoisotopic (exact) mass is 788 g/mol. The molecular weight excluding hydrogens is 728 g/mol. The van der Waals surface area contributed by atoms with Gasteiger partial charge in [-0.1, -0.05) is 16.7 Å². The average Bonchev–Trinajstić information content (AvgIpc) is 3.06. The molecule has 0 radical (unpaired) electrons. The molecule has 0 spiro atoms. The van der Waals surface area contributed by atoms with Gasteiger partial charge in [-0.15, -0.1) is 0 Å². The SMILES string of the molecule is CC1=CC(O)N(O)CCCC(N)C(=O)OCCC(C)=CC(O)N(O)CCCC(N)C(=O)OCCC(C)=CC(O)N(O)CCCC(N)C(=O)OCC1.[Fe]. The number of rotatable bonds is 0. The minimum absolute atomic E-state index is 0. The van der Waals surface area contributed by atoms with Crippen LogP contribution in [-0.4, -0.2) is 140 Å². The van der Waals surface area contributed by atoms with Gasteiger partial charge in [-0.3, -0.25) is 14.4 Å².